The van der Waals surface area contributed by atoms with E-state index in [4.69, 9.17) is 25.8 Å². The zero-order chi connectivity index (χ0) is 25.3. The van der Waals surface area contributed by atoms with E-state index < -0.39 is 0 Å². The average Bonchev–Trinajstić information content (AvgIpc) is 2.90. The van der Waals surface area contributed by atoms with Crippen LogP contribution in [-0.4, -0.2) is 37.3 Å². The molecule has 0 spiro atoms. The van der Waals surface area contributed by atoms with Gasteiger partial charge in [-0.1, -0.05) is 35.9 Å². The SMILES string of the molecule is COc1ccc(/C=C/C(=O)Nc2ccccc2COc2cccc(OC3CCNCC3)c2)c(Cl)c1O. The molecular weight excluding hydrogens is 480 g/mol. The molecule has 0 unspecified atom stereocenters. The maximum atomic E-state index is 12.6. The van der Waals surface area contributed by atoms with E-state index >= 15 is 0 Å². The van der Waals surface area contributed by atoms with Crippen LogP contribution in [0.2, 0.25) is 5.02 Å². The number of hydrogen-bond donors (Lipinski definition) is 3. The molecule has 0 radical (unpaired) electrons. The summed E-state index contributed by atoms with van der Waals surface area (Å²) in [5.41, 5.74) is 1.95. The lowest BCUT2D eigenvalue weighted by molar-refractivity contribution is -0.111. The molecule has 3 aromatic carbocycles. The van der Waals surface area contributed by atoms with Crippen LogP contribution in [0.5, 0.6) is 23.0 Å². The molecular formula is C28H29ClN2O5. The maximum Gasteiger partial charge on any atom is 0.248 e. The van der Waals surface area contributed by atoms with Gasteiger partial charge in [0.05, 0.1) is 12.1 Å². The number of phenols is 1. The highest BCUT2D eigenvalue weighted by atomic mass is 35.5. The van der Waals surface area contributed by atoms with Crippen LogP contribution in [-0.2, 0) is 11.4 Å². The number of benzene rings is 3. The summed E-state index contributed by atoms with van der Waals surface area (Å²) in [4.78, 5) is 12.6. The van der Waals surface area contributed by atoms with Gasteiger partial charge in [0.2, 0.25) is 5.91 Å². The zero-order valence-electron chi connectivity index (χ0n) is 20.0. The van der Waals surface area contributed by atoms with Crippen molar-refractivity contribution in [3.63, 3.8) is 0 Å². The molecule has 7 nitrogen and oxygen atoms in total. The van der Waals surface area contributed by atoms with Crippen molar-refractivity contribution in [1.29, 1.82) is 0 Å². The van der Waals surface area contributed by atoms with Crippen LogP contribution < -0.4 is 24.8 Å². The van der Waals surface area contributed by atoms with Gasteiger partial charge in [-0.25, -0.2) is 0 Å². The van der Waals surface area contributed by atoms with Crippen molar-refractivity contribution in [2.75, 3.05) is 25.5 Å². The summed E-state index contributed by atoms with van der Waals surface area (Å²) in [5, 5.41) is 16.4. The Morgan fingerprint density at radius 3 is 2.69 bits per heavy atom. The second kappa shape index (κ2) is 12.3. The van der Waals surface area contributed by atoms with Gasteiger partial charge in [-0.3, -0.25) is 4.79 Å². The van der Waals surface area contributed by atoms with E-state index in [9.17, 15) is 9.90 Å². The summed E-state index contributed by atoms with van der Waals surface area (Å²) in [7, 11) is 1.44. The number of aromatic hydroxyl groups is 1. The maximum absolute atomic E-state index is 12.6. The molecule has 188 valence electrons. The largest absolute Gasteiger partial charge is 0.503 e. The summed E-state index contributed by atoms with van der Waals surface area (Å²) in [6.45, 7) is 2.21. The molecule has 0 aromatic heterocycles. The van der Waals surface area contributed by atoms with Gasteiger partial charge in [0.1, 0.15) is 24.2 Å². The van der Waals surface area contributed by atoms with Crippen molar-refractivity contribution < 1.29 is 24.1 Å². The lowest BCUT2D eigenvalue weighted by Gasteiger charge is -2.24. The molecule has 1 saturated heterocycles. The first-order valence-electron chi connectivity index (χ1n) is 11.8. The molecule has 0 aliphatic carbocycles. The molecule has 0 bridgehead atoms. The second-order valence-electron chi connectivity index (χ2n) is 8.33. The Hall–Kier alpha value is -3.68. The number of piperidine rings is 1. The smallest absolute Gasteiger partial charge is 0.248 e. The molecule has 36 heavy (non-hydrogen) atoms. The number of halogens is 1. The highest BCUT2D eigenvalue weighted by molar-refractivity contribution is 6.33. The molecule has 3 N–H and O–H groups in total. The van der Waals surface area contributed by atoms with Crippen LogP contribution in [0.3, 0.4) is 0 Å². The van der Waals surface area contributed by atoms with Gasteiger partial charge in [0.25, 0.3) is 0 Å². The first kappa shape index (κ1) is 25.4. The fourth-order valence-corrected chi connectivity index (χ4v) is 4.09. The van der Waals surface area contributed by atoms with E-state index in [2.05, 4.69) is 10.6 Å². The number of methoxy groups -OCH3 is 1. The summed E-state index contributed by atoms with van der Waals surface area (Å²) in [6, 6.07) is 18.3. The average molecular weight is 509 g/mol. The van der Waals surface area contributed by atoms with Gasteiger partial charge < -0.3 is 30.0 Å². The molecule has 1 heterocycles. The van der Waals surface area contributed by atoms with E-state index in [1.165, 1.54) is 19.3 Å². The number of ether oxygens (including phenoxy) is 3. The van der Waals surface area contributed by atoms with Crippen LogP contribution in [0.25, 0.3) is 6.08 Å². The number of para-hydroxylation sites is 1. The van der Waals surface area contributed by atoms with E-state index in [1.54, 1.807) is 12.1 Å². The van der Waals surface area contributed by atoms with Crippen molar-refractivity contribution in [1.82, 2.24) is 5.32 Å². The summed E-state index contributed by atoms with van der Waals surface area (Å²) >= 11 is 6.17. The minimum absolute atomic E-state index is 0.110. The number of nitrogens with one attached hydrogen (secondary N) is 2. The Morgan fingerprint density at radius 1 is 1.11 bits per heavy atom. The highest BCUT2D eigenvalue weighted by Gasteiger charge is 2.15. The van der Waals surface area contributed by atoms with Gasteiger partial charge in [-0.05, 0) is 67.9 Å². The number of anilines is 1. The third kappa shape index (κ3) is 6.71. The summed E-state index contributed by atoms with van der Waals surface area (Å²) in [6.07, 6.45) is 5.06. The molecule has 3 aromatic rings. The van der Waals surface area contributed by atoms with Crippen LogP contribution in [0, 0.1) is 0 Å². The molecule has 1 aliphatic heterocycles. The number of carbonyl (C=O) groups is 1. The van der Waals surface area contributed by atoms with Gasteiger partial charge >= 0.3 is 0 Å². The summed E-state index contributed by atoms with van der Waals surface area (Å²) in [5.74, 6) is 1.23. The van der Waals surface area contributed by atoms with Crippen LogP contribution in [0.15, 0.2) is 66.7 Å². The number of rotatable bonds is 9. The van der Waals surface area contributed by atoms with E-state index in [0.717, 1.165) is 37.2 Å². The fourth-order valence-electron chi connectivity index (χ4n) is 3.87. The fraction of sp³-hybridized carbons (Fsp3) is 0.250. The Morgan fingerprint density at radius 2 is 1.89 bits per heavy atom. The Labute approximate surface area is 215 Å². The molecule has 1 aliphatic rings. The van der Waals surface area contributed by atoms with E-state index in [1.807, 2.05) is 48.5 Å². The monoisotopic (exact) mass is 508 g/mol. The van der Waals surface area contributed by atoms with Crippen LogP contribution in [0.1, 0.15) is 24.0 Å². The third-order valence-electron chi connectivity index (χ3n) is 5.81. The van der Waals surface area contributed by atoms with Crippen molar-refractivity contribution in [2.24, 2.45) is 0 Å². The molecule has 1 amide bonds. The normalized spacial score (nSPS) is 13.9. The Kier molecular flexibility index (Phi) is 8.71. The van der Waals surface area contributed by atoms with Crippen LogP contribution >= 0.6 is 11.6 Å². The van der Waals surface area contributed by atoms with Crippen molar-refractivity contribution >= 4 is 29.3 Å². The zero-order valence-corrected chi connectivity index (χ0v) is 20.8. The molecule has 1 fully saturated rings. The third-order valence-corrected chi connectivity index (χ3v) is 6.20. The summed E-state index contributed by atoms with van der Waals surface area (Å²) < 4.78 is 17.1. The lowest BCUT2D eigenvalue weighted by Crippen LogP contribution is -2.34. The van der Waals surface area contributed by atoms with Crippen LogP contribution in [0.4, 0.5) is 5.69 Å². The number of amides is 1. The Bertz CT molecular complexity index is 1220. The number of hydrogen-bond acceptors (Lipinski definition) is 6. The first-order chi connectivity index (χ1) is 17.5. The topological polar surface area (TPSA) is 89.1 Å². The number of phenolic OH excluding ortho intramolecular Hbond substituents is 1. The lowest BCUT2D eigenvalue weighted by atomic mass is 10.1. The predicted molar refractivity (Wildman–Crippen MR) is 141 cm³/mol. The van der Waals surface area contributed by atoms with Crippen molar-refractivity contribution in [3.8, 4) is 23.0 Å². The molecule has 4 rings (SSSR count). The molecule has 0 saturated carbocycles. The van der Waals surface area contributed by atoms with Crippen molar-refractivity contribution in [3.05, 3.63) is 82.9 Å². The minimum atomic E-state index is -0.341. The second-order valence-corrected chi connectivity index (χ2v) is 8.71. The first-order valence-corrected chi connectivity index (χ1v) is 12.1. The molecule has 8 heteroatoms. The van der Waals surface area contributed by atoms with Crippen molar-refractivity contribution in [2.45, 2.75) is 25.6 Å². The predicted octanol–water partition coefficient (Wildman–Crippen LogP) is 5.42. The van der Waals surface area contributed by atoms with E-state index in [0.29, 0.717) is 17.0 Å². The van der Waals surface area contributed by atoms with Gasteiger partial charge in [0.15, 0.2) is 11.5 Å². The Balaban J connectivity index is 1.37. The quantitative estimate of drug-likeness (QED) is 0.335. The minimum Gasteiger partial charge on any atom is -0.503 e. The molecule has 0 atom stereocenters. The standard InChI is InChI=1S/C28H29ClN2O5/c1-34-25-11-9-19(27(29)28(25)33)10-12-26(32)31-24-8-3-2-5-20(24)18-35-22-6-4-7-23(17-22)36-21-13-15-30-16-14-21/h2-12,17,21,30,33H,13-16,18H2,1H3,(H,31,32)/b12-10+. The van der Waals surface area contributed by atoms with E-state index in [-0.39, 0.29) is 35.1 Å². The van der Waals surface area contributed by atoms with Gasteiger partial charge in [0, 0.05) is 23.4 Å². The number of carbonyl (C=O) groups excluding carboxylic acids is 1. The highest BCUT2D eigenvalue weighted by Crippen LogP contribution is 2.36. The van der Waals surface area contributed by atoms with Gasteiger partial charge in [-0.2, -0.15) is 0 Å². The van der Waals surface area contributed by atoms with Gasteiger partial charge in [-0.15, -0.1) is 0 Å².